The van der Waals surface area contributed by atoms with Crippen molar-refractivity contribution in [2.45, 2.75) is 218 Å². The number of thiol groups is 1. The Morgan fingerprint density at radius 3 is 1.57 bits per heavy atom. The number of nitrogens with zero attached hydrogens (tertiary/aromatic N) is 1. The van der Waals surface area contributed by atoms with Crippen LogP contribution in [0.3, 0.4) is 0 Å². The minimum atomic E-state index is 0.149. The highest BCUT2D eigenvalue weighted by atomic mass is 32.1. The smallest absolute Gasteiger partial charge is 0.233 e. The second kappa shape index (κ2) is 46.0. The van der Waals surface area contributed by atoms with Crippen LogP contribution < -0.4 is 0 Å². The maximum Gasteiger partial charge on any atom is 0.233 e. The summed E-state index contributed by atoms with van der Waals surface area (Å²) >= 11 is 3.98. The lowest BCUT2D eigenvalue weighted by molar-refractivity contribution is -0.106. The van der Waals surface area contributed by atoms with E-state index < -0.39 is 0 Å². The Kier molecular flexibility index (Phi) is 54.4. The Morgan fingerprint density at radius 2 is 1.20 bits per heavy atom. The van der Waals surface area contributed by atoms with Gasteiger partial charge in [0.1, 0.15) is 12.0 Å². The highest BCUT2D eigenvalue weighted by molar-refractivity contribution is 7.79. The zero-order valence-electron chi connectivity index (χ0n) is 33.8. The largest absolute Gasteiger partial charge is 0.477 e. The van der Waals surface area contributed by atoms with E-state index >= 15 is 0 Å². The van der Waals surface area contributed by atoms with Gasteiger partial charge in [-0.05, 0) is 62.3 Å². The summed E-state index contributed by atoms with van der Waals surface area (Å²) in [5.74, 6) is 1.02. The molecule has 0 aliphatic heterocycles. The van der Waals surface area contributed by atoms with Crippen molar-refractivity contribution >= 4 is 30.7 Å². The van der Waals surface area contributed by atoms with Gasteiger partial charge in [0, 0.05) is 0 Å². The third-order valence-electron chi connectivity index (χ3n) is 8.29. The van der Waals surface area contributed by atoms with E-state index in [0.717, 1.165) is 49.9 Å². The van der Waals surface area contributed by atoms with Crippen LogP contribution in [0.5, 0.6) is 0 Å². The van der Waals surface area contributed by atoms with Crippen LogP contribution in [-0.2, 0) is 9.53 Å². The van der Waals surface area contributed by atoms with E-state index in [4.69, 9.17) is 14.9 Å². The zero-order chi connectivity index (χ0) is 36.5. The minimum Gasteiger partial charge on any atom is -0.477 e. The number of hydrogen-bond donors (Lipinski definition) is 2. The van der Waals surface area contributed by atoms with Gasteiger partial charge in [0.05, 0.1) is 6.61 Å². The van der Waals surface area contributed by atoms with Gasteiger partial charge >= 0.3 is 0 Å². The first-order valence-electron chi connectivity index (χ1n) is 19.6. The molecule has 0 aliphatic rings. The summed E-state index contributed by atoms with van der Waals surface area (Å²) in [6.07, 6.45) is 28.8. The zero-order valence-corrected chi connectivity index (χ0v) is 34.7. The molecule has 0 heterocycles. The monoisotopic (exact) mass is 671 g/mol. The van der Waals surface area contributed by atoms with Crippen LogP contribution in [0.15, 0.2) is 16.0 Å². The average Bonchev–Trinajstić information content (AvgIpc) is 3.06. The molecular formula is C41H86N2O2S. The normalized spacial score (nSPS) is 11.7. The minimum absolute atomic E-state index is 0.149. The van der Waals surface area contributed by atoms with Gasteiger partial charge in [0.2, 0.25) is 5.90 Å². The fraction of sp³-hybridized carbons (Fsp3) is 0.878. The predicted molar refractivity (Wildman–Crippen MR) is 216 cm³/mol. The molecule has 278 valence electrons. The third-order valence-corrected chi connectivity index (χ3v) is 8.49. The lowest BCUT2D eigenvalue weighted by Crippen LogP contribution is -2.20. The van der Waals surface area contributed by atoms with Gasteiger partial charge in [0.15, 0.2) is 0 Å². The molecule has 0 amide bonds. The Hall–Kier alpha value is -1.10. The molecule has 0 radical (unpaired) electrons. The number of aldehydes is 1. The van der Waals surface area contributed by atoms with Crippen LogP contribution in [0.25, 0.3) is 0 Å². The van der Waals surface area contributed by atoms with E-state index in [1.165, 1.54) is 103 Å². The van der Waals surface area contributed by atoms with Crippen molar-refractivity contribution in [3.05, 3.63) is 11.6 Å². The van der Waals surface area contributed by atoms with E-state index in [2.05, 4.69) is 92.5 Å². The molecule has 4 nitrogen and oxygen atoms in total. The fourth-order valence-electron chi connectivity index (χ4n) is 4.44. The Balaban J connectivity index is -0.000000193. The second-order valence-electron chi connectivity index (χ2n) is 12.7. The number of rotatable bonds is 23. The van der Waals surface area contributed by atoms with Crippen LogP contribution >= 0.6 is 12.8 Å². The summed E-state index contributed by atoms with van der Waals surface area (Å²) in [6.45, 7) is 28.7. The van der Waals surface area contributed by atoms with Gasteiger partial charge in [-0.2, -0.15) is 0 Å². The first kappa shape index (κ1) is 54.4. The average molecular weight is 671 g/mol. The van der Waals surface area contributed by atoms with Crippen LogP contribution in [0.2, 0.25) is 0 Å². The number of carbonyl (C=O) groups is 1. The summed E-state index contributed by atoms with van der Waals surface area (Å²) in [6, 6.07) is 0. The van der Waals surface area contributed by atoms with E-state index in [1.54, 1.807) is 0 Å². The molecule has 0 aromatic rings. The van der Waals surface area contributed by atoms with Crippen LogP contribution in [0, 0.1) is 16.7 Å². The first-order valence-corrected chi connectivity index (χ1v) is 20.0. The van der Waals surface area contributed by atoms with Crippen molar-refractivity contribution in [1.29, 1.82) is 5.41 Å². The van der Waals surface area contributed by atoms with Crippen LogP contribution in [0.1, 0.15) is 218 Å². The third kappa shape index (κ3) is 40.9. The number of nitrogens with one attached hydrogen (secondary N) is 1. The van der Waals surface area contributed by atoms with Crippen molar-refractivity contribution in [2.24, 2.45) is 15.7 Å². The number of carbonyl (C=O) groups excluding carboxylic acids is 1. The fourth-order valence-corrected chi connectivity index (χ4v) is 4.66. The molecule has 0 spiro atoms. The topological polar surface area (TPSA) is 62.5 Å². The second-order valence-corrected chi connectivity index (χ2v) is 12.9. The molecule has 46 heavy (non-hydrogen) atoms. The number of allylic oxidation sites excluding steroid dienone is 1. The molecule has 0 saturated carbocycles. The van der Waals surface area contributed by atoms with E-state index in [9.17, 15) is 0 Å². The first-order chi connectivity index (χ1) is 22.1. The molecule has 1 atom stereocenters. The van der Waals surface area contributed by atoms with Gasteiger partial charge < -0.3 is 9.53 Å². The summed E-state index contributed by atoms with van der Waals surface area (Å²) in [5, 5.41) is 7.95. The molecule has 0 bridgehead atoms. The van der Waals surface area contributed by atoms with Crippen molar-refractivity contribution in [2.75, 3.05) is 6.61 Å². The predicted octanol–water partition coefficient (Wildman–Crippen LogP) is 15.0. The molecule has 0 fully saturated rings. The molecule has 0 rings (SSSR count). The number of hydrogen-bond acceptors (Lipinski definition) is 5. The van der Waals surface area contributed by atoms with E-state index in [1.807, 2.05) is 13.8 Å². The van der Waals surface area contributed by atoms with Gasteiger partial charge in [-0.25, -0.2) is 4.40 Å². The van der Waals surface area contributed by atoms with Crippen molar-refractivity contribution < 1.29 is 9.53 Å². The van der Waals surface area contributed by atoms with Crippen molar-refractivity contribution in [3.8, 4) is 0 Å². The molecule has 1 N–H and O–H groups in total. The molecule has 1 unspecified atom stereocenters. The van der Waals surface area contributed by atoms with Gasteiger partial charge in [0.25, 0.3) is 0 Å². The lowest BCUT2D eigenvalue weighted by atomic mass is 9.75. The quantitative estimate of drug-likeness (QED) is 0.0373. The summed E-state index contributed by atoms with van der Waals surface area (Å²) < 4.78 is 9.39. The summed E-state index contributed by atoms with van der Waals surface area (Å²) in [4.78, 5) is 8.81. The molecule has 0 saturated heterocycles. The van der Waals surface area contributed by atoms with Crippen LogP contribution in [0.4, 0.5) is 0 Å². The highest BCUT2D eigenvalue weighted by Gasteiger charge is 2.23. The highest BCUT2D eigenvalue weighted by Crippen LogP contribution is 2.34. The molecule has 0 aromatic carbocycles. The molecule has 0 aromatic heterocycles. The Bertz CT molecular complexity index is 657. The SMILES string of the molecule is CC.CC=O.CCC/C=C(CC)/C(=N/S)C(=N)OCCCCCC.CCCC.CCCCCCCCCCCC(C)(C)C(C)CC. The van der Waals surface area contributed by atoms with Crippen molar-refractivity contribution in [1.82, 2.24) is 0 Å². The van der Waals surface area contributed by atoms with E-state index in [0.29, 0.717) is 17.7 Å². The molecule has 5 heteroatoms. The number of unbranched alkanes of at least 4 members (excludes halogenated alkanes) is 13. The van der Waals surface area contributed by atoms with Gasteiger partial charge in [-0.15, -0.1) is 0 Å². The van der Waals surface area contributed by atoms with Crippen molar-refractivity contribution in [3.63, 3.8) is 0 Å². The lowest BCUT2D eigenvalue weighted by Gasteiger charge is -2.31. The summed E-state index contributed by atoms with van der Waals surface area (Å²) in [7, 11) is 0. The van der Waals surface area contributed by atoms with Gasteiger partial charge in [-0.1, -0.05) is 192 Å². The maximum atomic E-state index is 8.81. The standard InChI is InChI=1S/C18H38.C15H28N2OS.C4H10.C2H4O.C2H6/c1-6-8-9-10-11-12-13-14-15-16-18(4,5)17(3)7-2;1-4-7-9-10-12-18-15(16)14(17-19)13(6-3)11-8-5-2;1-3-4-2;1-2-3;1-2/h17H,6-16H2,1-5H3;11,16,19H,4-10,12H2,1-3H3;3-4H2,1-2H3;2H,1H3;1-2H3/b;13-11+,16-15?,17-14-;;;. The van der Waals surface area contributed by atoms with Gasteiger partial charge in [-0.3, -0.25) is 5.41 Å². The van der Waals surface area contributed by atoms with E-state index in [-0.39, 0.29) is 5.90 Å². The Morgan fingerprint density at radius 1 is 0.761 bits per heavy atom. The molecule has 0 aliphatic carbocycles. The summed E-state index contributed by atoms with van der Waals surface area (Å²) in [5.41, 5.74) is 2.18. The number of ether oxygens (including phenoxy) is 1. The van der Waals surface area contributed by atoms with Crippen LogP contribution in [-0.4, -0.2) is 24.5 Å². The Labute approximate surface area is 297 Å². The molecular weight excluding hydrogens is 585 g/mol. The maximum absolute atomic E-state index is 8.81.